The molecule has 0 heterocycles. The van der Waals surface area contributed by atoms with E-state index in [1.54, 1.807) is 32.1 Å². The topological polar surface area (TPSA) is 0 Å². The monoisotopic (exact) mass is 388 g/mol. The van der Waals surface area contributed by atoms with E-state index < -0.39 is 0 Å². The second kappa shape index (κ2) is 2.74. The molecular formula is C10H14I2. The van der Waals surface area contributed by atoms with E-state index in [9.17, 15) is 0 Å². The van der Waals surface area contributed by atoms with Crippen LogP contribution < -0.4 is 0 Å². The fourth-order valence-corrected chi connectivity index (χ4v) is 5.85. The van der Waals surface area contributed by atoms with Crippen molar-refractivity contribution >= 4 is 45.2 Å². The number of rotatable bonds is 0. The first kappa shape index (κ1) is 8.74. The van der Waals surface area contributed by atoms with Gasteiger partial charge in [0.25, 0.3) is 0 Å². The van der Waals surface area contributed by atoms with Crippen molar-refractivity contribution < 1.29 is 0 Å². The van der Waals surface area contributed by atoms with Gasteiger partial charge in [0, 0.05) is 0 Å². The molecule has 0 atom stereocenters. The zero-order valence-corrected chi connectivity index (χ0v) is 11.4. The number of halogens is 2. The molecule has 0 aromatic carbocycles. The molecule has 2 heteroatoms. The maximum absolute atomic E-state index is 2.75. The van der Waals surface area contributed by atoms with Crippen molar-refractivity contribution in [1.82, 2.24) is 0 Å². The lowest BCUT2D eigenvalue weighted by Crippen LogP contribution is -2.50. The summed E-state index contributed by atoms with van der Waals surface area (Å²) in [7, 11) is 0. The van der Waals surface area contributed by atoms with E-state index in [0.29, 0.717) is 1.43 Å². The van der Waals surface area contributed by atoms with Gasteiger partial charge >= 0.3 is 0 Å². The minimum Gasteiger partial charge on any atom is -0.0666 e. The van der Waals surface area contributed by atoms with Crippen LogP contribution in [0.4, 0.5) is 0 Å². The summed E-state index contributed by atoms with van der Waals surface area (Å²) in [5, 5.41) is 0. The summed E-state index contributed by atoms with van der Waals surface area (Å²) in [6.45, 7) is 0. The van der Waals surface area contributed by atoms with Crippen LogP contribution in [0, 0.1) is 23.7 Å². The predicted molar refractivity (Wildman–Crippen MR) is 67.8 cm³/mol. The molecule has 0 nitrogen and oxygen atoms in total. The lowest BCUT2D eigenvalue weighted by Gasteiger charge is -2.56. The Bertz CT molecular complexity index is 180. The van der Waals surface area contributed by atoms with Gasteiger partial charge < -0.3 is 0 Å². The van der Waals surface area contributed by atoms with Crippen molar-refractivity contribution in [2.45, 2.75) is 33.5 Å². The largest absolute Gasteiger partial charge is 0.0791 e. The molecule has 0 aromatic heterocycles. The normalized spacial score (nSPS) is 54.5. The molecule has 4 aliphatic carbocycles. The highest BCUT2D eigenvalue weighted by Gasteiger charge is 2.54. The van der Waals surface area contributed by atoms with Crippen molar-refractivity contribution in [3.05, 3.63) is 0 Å². The van der Waals surface area contributed by atoms with Crippen LogP contribution in [0.3, 0.4) is 0 Å². The van der Waals surface area contributed by atoms with Gasteiger partial charge in [-0.1, -0.05) is 45.2 Å². The minimum atomic E-state index is 0.642. The molecule has 0 aromatic rings. The standard InChI is InChI=1S/C10H14I2/c11-10(12)8-2-6-1-7(4-8)5-9(10)3-6/h6-9H,1-5H2. The molecule has 0 aliphatic heterocycles. The number of hydrogen-bond donors (Lipinski definition) is 0. The maximum Gasteiger partial charge on any atom is 0.0791 e. The van der Waals surface area contributed by atoms with Crippen molar-refractivity contribution in [2.75, 3.05) is 0 Å². The van der Waals surface area contributed by atoms with Crippen LogP contribution in [-0.4, -0.2) is 1.43 Å². The average molecular weight is 388 g/mol. The Kier molecular flexibility index (Phi) is 1.99. The van der Waals surface area contributed by atoms with Crippen LogP contribution in [-0.2, 0) is 0 Å². The van der Waals surface area contributed by atoms with Crippen molar-refractivity contribution in [1.29, 1.82) is 0 Å². The first-order valence-corrected chi connectivity index (χ1v) is 7.20. The third-order valence-corrected chi connectivity index (χ3v) is 7.75. The third kappa shape index (κ3) is 1.12. The molecule has 0 unspecified atom stereocenters. The second-order valence-electron chi connectivity index (χ2n) is 4.98. The highest BCUT2D eigenvalue weighted by atomic mass is 127. The van der Waals surface area contributed by atoms with Crippen LogP contribution in [0.5, 0.6) is 0 Å². The minimum absolute atomic E-state index is 0.642. The summed E-state index contributed by atoms with van der Waals surface area (Å²) in [5.41, 5.74) is 0. The summed E-state index contributed by atoms with van der Waals surface area (Å²) in [5.74, 6) is 4.39. The lowest BCUT2D eigenvalue weighted by molar-refractivity contribution is 0.0265. The second-order valence-corrected chi connectivity index (χ2v) is 10.6. The highest BCUT2D eigenvalue weighted by Crippen LogP contribution is 2.64. The van der Waals surface area contributed by atoms with Gasteiger partial charge in [-0.25, -0.2) is 0 Å². The van der Waals surface area contributed by atoms with E-state index in [4.69, 9.17) is 0 Å². The highest BCUT2D eigenvalue weighted by molar-refractivity contribution is 14.2. The molecule has 12 heavy (non-hydrogen) atoms. The molecule has 0 N–H and O–H groups in total. The molecule has 4 aliphatic rings. The van der Waals surface area contributed by atoms with Gasteiger partial charge in [0.15, 0.2) is 0 Å². The van der Waals surface area contributed by atoms with Crippen LogP contribution in [0.2, 0.25) is 0 Å². The smallest absolute Gasteiger partial charge is 0.0666 e. The third-order valence-electron chi connectivity index (χ3n) is 4.23. The number of alkyl halides is 2. The van der Waals surface area contributed by atoms with Crippen LogP contribution >= 0.6 is 45.2 Å². The molecule has 4 saturated carbocycles. The van der Waals surface area contributed by atoms with Gasteiger partial charge in [0.2, 0.25) is 0 Å². The maximum atomic E-state index is 2.75. The summed E-state index contributed by atoms with van der Waals surface area (Å²) in [6.07, 6.45) is 7.80. The van der Waals surface area contributed by atoms with Crippen molar-refractivity contribution in [3.8, 4) is 0 Å². The quantitative estimate of drug-likeness (QED) is 0.435. The zero-order chi connectivity index (χ0) is 8.34. The summed E-state index contributed by atoms with van der Waals surface area (Å²) in [6, 6.07) is 0. The Labute approximate surface area is 102 Å². The zero-order valence-electron chi connectivity index (χ0n) is 7.10. The first-order valence-electron chi connectivity index (χ1n) is 5.04. The Balaban J connectivity index is 1.96. The fourth-order valence-electron chi connectivity index (χ4n) is 3.81. The molecule has 0 spiro atoms. The van der Waals surface area contributed by atoms with E-state index in [2.05, 4.69) is 45.2 Å². The lowest BCUT2D eigenvalue weighted by atomic mass is 9.56. The fraction of sp³-hybridized carbons (Fsp3) is 1.00. The van der Waals surface area contributed by atoms with E-state index in [0.717, 1.165) is 23.7 Å². The Morgan fingerprint density at radius 3 is 1.58 bits per heavy atom. The molecule has 4 bridgehead atoms. The van der Waals surface area contributed by atoms with Crippen molar-refractivity contribution in [2.24, 2.45) is 23.7 Å². The molecule has 4 rings (SSSR count). The average Bonchev–Trinajstić information content (AvgIpc) is 1.99. The van der Waals surface area contributed by atoms with E-state index in [-0.39, 0.29) is 0 Å². The molecule has 4 fully saturated rings. The molecule has 0 saturated heterocycles. The molecule has 0 amide bonds. The van der Waals surface area contributed by atoms with Gasteiger partial charge in [0.05, 0.1) is 1.43 Å². The van der Waals surface area contributed by atoms with Crippen LogP contribution in [0.1, 0.15) is 32.1 Å². The first-order chi connectivity index (χ1) is 5.66. The van der Waals surface area contributed by atoms with E-state index in [1.807, 2.05) is 0 Å². The molecule has 0 radical (unpaired) electrons. The van der Waals surface area contributed by atoms with Gasteiger partial charge in [-0.3, -0.25) is 0 Å². The Morgan fingerprint density at radius 1 is 0.750 bits per heavy atom. The van der Waals surface area contributed by atoms with Gasteiger partial charge in [-0.2, -0.15) is 0 Å². The summed E-state index contributed by atoms with van der Waals surface area (Å²) < 4.78 is 0.642. The number of hydrogen-bond acceptors (Lipinski definition) is 0. The Morgan fingerprint density at radius 2 is 1.17 bits per heavy atom. The summed E-state index contributed by atoms with van der Waals surface area (Å²) in [4.78, 5) is 0. The van der Waals surface area contributed by atoms with E-state index in [1.165, 1.54) is 0 Å². The van der Waals surface area contributed by atoms with Gasteiger partial charge in [-0.15, -0.1) is 0 Å². The molecular weight excluding hydrogens is 374 g/mol. The molecule has 68 valence electrons. The van der Waals surface area contributed by atoms with Crippen LogP contribution in [0.25, 0.3) is 0 Å². The van der Waals surface area contributed by atoms with Crippen LogP contribution in [0.15, 0.2) is 0 Å². The predicted octanol–water partition coefficient (Wildman–Crippen LogP) is 4.01. The van der Waals surface area contributed by atoms with Gasteiger partial charge in [0.1, 0.15) is 0 Å². The summed E-state index contributed by atoms with van der Waals surface area (Å²) >= 11 is 5.49. The SMILES string of the molecule is IC1(I)C2CC3CC(C2)CC1C3. The van der Waals surface area contributed by atoms with Gasteiger partial charge in [-0.05, 0) is 55.8 Å². The van der Waals surface area contributed by atoms with E-state index >= 15 is 0 Å². The Hall–Kier alpha value is 1.46. The van der Waals surface area contributed by atoms with Crippen molar-refractivity contribution in [3.63, 3.8) is 0 Å².